The van der Waals surface area contributed by atoms with Gasteiger partial charge in [-0.25, -0.2) is 8.42 Å². The first-order valence-corrected chi connectivity index (χ1v) is 9.06. The third-order valence-electron chi connectivity index (χ3n) is 3.86. The minimum Gasteiger partial charge on any atom is -0.495 e. The lowest BCUT2D eigenvalue weighted by Crippen LogP contribution is -2.27. The Hall–Kier alpha value is -2.24. The second kappa shape index (κ2) is 6.34. The predicted molar refractivity (Wildman–Crippen MR) is 97.5 cm³/mol. The molecule has 24 heavy (non-hydrogen) atoms. The number of rotatable bonds is 4. The summed E-state index contributed by atoms with van der Waals surface area (Å²) < 4.78 is 32.4. The van der Waals surface area contributed by atoms with E-state index in [4.69, 9.17) is 16.3 Å². The lowest BCUT2D eigenvalue weighted by Gasteiger charge is -2.22. The van der Waals surface area contributed by atoms with Crippen LogP contribution in [0.5, 0.6) is 5.75 Å². The van der Waals surface area contributed by atoms with Gasteiger partial charge in [-0.2, -0.15) is 0 Å². The van der Waals surface area contributed by atoms with Gasteiger partial charge in [0.25, 0.3) is 10.0 Å². The normalized spacial score (nSPS) is 11.5. The summed E-state index contributed by atoms with van der Waals surface area (Å²) in [6.07, 6.45) is 0. The van der Waals surface area contributed by atoms with Crippen molar-refractivity contribution in [1.29, 1.82) is 0 Å². The second-order valence-electron chi connectivity index (χ2n) is 5.30. The predicted octanol–water partition coefficient (Wildman–Crippen LogP) is 4.33. The van der Waals surface area contributed by atoms with Crippen molar-refractivity contribution in [3.05, 3.63) is 65.7 Å². The van der Waals surface area contributed by atoms with E-state index in [0.717, 1.165) is 10.8 Å². The van der Waals surface area contributed by atoms with Crippen molar-refractivity contribution < 1.29 is 13.2 Å². The molecule has 0 heterocycles. The van der Waals surface area contributed by atoms with Crippen LogP contribution in [0.25, 0.3) is 10.8 Å². The molecule has 4 nitrogen and oxygen atoms in total. The number of anilines is 1. The summed E-state index contributed by atoms with van der Waals surface area (Å²) in [4.78, 5) is 0.214. The third-order valence-corrected chi connectivity index (χ3v) is 5.86. The Kier molecular flexibility index (Phi) is 4.39. The first-order valence-electron chi connectivity index (χ1n) is 7.25. The Bertz CT molecular complexity index is 1000. The van der Waals surface area contributed by atoms with Crippen molar-refractivity contribution in [2.75, 3.05) is 18.5 Å². The van der Waals surface area contributed by atoms with E-state index >= 15 is 0 Å². The minimum atomic E-state index is -3.74. The SMILES string of the molecule is COc1ccc(Cl)cc1N(C)S(=O)(=O)c1ccc2ccccc2c1. The molecule has 0 saturated heterocycles. The molecule has 0 radical (unpaired) electrons. The van der Waals surface area contributed by atoms with E-state index in [-0.39, 0.29) is 4.90 Å². The van der Waals surface area contributed by atoms with Gasteiger partial charge in [0, 0.05) is 12.1 Å². The number of fused-ring (bicyclic) bond motifs is 1. The van der Waals surface area contributed by atoms with Crippen molar-refractivity contribution in [2.24, 2.45) is 0 Å². The standard InChI is InChI=1S/C18H16ClNO3S/c1-20(17-12-15(19)8-10-18(17)23-2)24(21,22)16-9-7-13-5-3-4-6-14(13)11-16/h3-12H,1-2H3. The second-order valence-corrected chi connectivity index (χ2v) is 7.70. The molecule has 0 bridgehead atoms. The Morgan fingerprint density at radius 3 is 2.38 bits per heavy atom. The highest BCUT2D eigenvalue weighted by atomic mass is 35.5. The molecule has 0 unspecified atom stereocenters. The van der Waals surface area contributed by atoms with Gasteiger partial charge in [-0.15, -0.1) is 0 Å². The number of hydrogen-bond donors (Lipinski definition) is 0. The molecule has 0 aliphatic carbocycles. The molecule has 6 heteroatoms. The molecule has 0 fully saturated rings. The molecular formula is C18H16ClNO3S. The zero-order valence-electron chi connectivity index (χ0n) is 13.2. The summed E-state index contributed by atoms with van der Waals surface area (Å²) in [5, 5.41) is 2.29. The monoisotopic (exact) mass is 361 g/mol. The molecule has 0 atom stereocenters. The molecule has 0 spiro atoms. The van der Waals surface area contributed by atoms with Gasteiger partial charge >= 0.3 is 0 Å². The molecular weight excluding hydrogens is 346 g/mol. The van der Waals surface area contributed by atoms with Crippen LogP contribution in [0.1, 0.15) is 0 Å². The smallest absolute Gasteiger partial charge is 0.264 e. The fourth-order valence-corrected chi connectivity index (χ4v) is 3.92. The van der Waals surface area contributed by atoms with E-state index in [1.54, 1.807) is 36.4 Å². The van der Waals surface area contributed by atoms with Gasteiger partial charge in [0.15, 0.2) is 0 Å². The summed E-state index contributed by atoms with van der Waals surface area (Å²) in [6, 6.07) is 17.5. The summed E-state index contributed by atoms with van der Waals surface area (Å²) >= 11 is 6.02. The van der Waals surface area contributed by atoms with Crippen LogP contribution in [-0.4, -0.2) is 22.6 Å². The van der Waals surface area contributed by atoms with E-state index < -0.39 is 10.0 Å². The van der Waals surface area contributed by atoms with E-state index in [0.29, 0.717) is 16.5 Å². The van der Waals surface area contributed by atoms with Crippen LogP contribution in [0.3, 0.4) is 0 Å². The number of methoxy groups -OCH3 is 1. The zero-order chi connectivity index (χ0) is 17.3. The fraction of sp³-hybridized carbons (Fsp3) is 0.111. The van der Waals surface area contributed by atoms with Gasteiger partial charge in [-0.05, 0) is 41.1 Å². The summed E-state index contributed by atoms with van der Waals surface area (Å²) in [7, 11) is -0.764. The molecule has 0 N–H and O–H groups in total. The summed E-state index contributed by atoms with van der Waals surface area (Å²) in [5.74, 6) is 0.436. The highest BCUT2D eigenvalue weighted by Crippen LogP contribution is 2.34. The molecule has 3 rings (SSSR count). The fourth-order valence-electron chi connectivity index (χ4n) is 2.52. The molecule has 124 valence electrons. The summed E-state index contributed by atoms with van der Waals surface area (Å²) in [5.41, 5.74) is 0.387. The molecule has 0 amide bonds. The topological polar surface area (TPSA) is 46.6 Å². The van der Waals surface area contributed by atoms with Gasteiger partial charge in [-0.1, -0.05) is 41.9 Å². The maximum atomic E-state index is 13.0. The average molecular weight is 362 g/mol. The zero-order valence-corrected chi connectivity index (χ0v) is 14.8. The van der Waals surface area contributed by atoms with E-state index in [1.165, 1.54) is 18.5 Å². The Morgan fingerprint density at radius 2 is 1.67 bits per heavy atom. The maximum absolute atomic E-state index is 13.0. The Morgan fingerprint density at radius 1 is 0.958 bits per heavy atom. The van der Waals surface area contributed by atoms with Crippen LogP contribution in [0.4, 0.5) is 5.69 Å². The van der Waals surface area contributed by atoms with Crippen LogP contribution in [0.15, 0.2) is 65.6 Å². The minimum absolute atomic E-state index is 0.214. The molecule has 0 aromatic heterocycles. The van der Waals surface area contributed by atoms with Crippen molar-refractivity contribution in [3.63, 3.8) is 0 Å². The third kappa shape index (κ3) is 2.92. The first kappa shape index (κ1) is 16.6. The van der Waals surface area contributed by atoms with Crippen molar-refractivity contribution in [3.8, 4) is 5.75 Å². The molecule has 3 aromatic rings. The van der Waals surface area contributed by atoms with Crippen LogP contribution >= 0.6 is 11.6 Å². The van der Waals surface area contributed by atoms with Crippen LogP contribution in [0, 0.1) is 0 Å². The molecule has 3 aromatic carbocycles. The Balaban J connectivity index is 2.10. The number of halogens is 1. The van der Waals surface area contributed by atoms with E-state index in [9.17, 15) is 8.42 Å². The van der Waals surface area contributed by atoms with Crippen molar-refractivity contribution in [1.82, 2.24) is 0 Å². The van der Waals surface area contributed by atoms with Crippen molar-refractivity contribution >= 4 is 38.1 Å². The van der Waals surface area contributed by atoms with Crippen LogP contribution < -0.4 is 9.04 Å². The number of ether oxygens (including phenoxy) is 1. The van der Waals surface area contributed by atoms with Crippen LogP contribution in [0.2, 0.25) is 5.02 Å². The number of benzene rings is 3. The molecule has 0 aliphatic rings. The Labute approximate surface area is 146 Å². The quantitative estimate of drug-likeness (QED) is 0.695. The molecule has 0 saturated carbocycles. The van der Waals surface area contributed by atoms with Gasteiger partial charge in [0.1, 0.15) is 5.75 Å². The molecule has 0 aliphatic heterocycles. The largest absolute Gasteiger partial charge is 0.495 e. The van der Waals surface area contributed by atoms with E-state index in [1.807, 2.05) is 24.3 Å². The lowest BCUT2D eigenvalue weighted by molar-refractivity contribution is 0.416. The van der Waals surface area contributed by atoms with Gasteiger partial charge in [0.2, 0.25) is 0 Å². The van der Waals surface area contributed by atoms with Crippen molar-refractivity contribution in [2.45, 2.75) is 4.90 Å². The van der Waals surface area contributed by atoms with Crippen LogP contribution in [-0.2, 0) is 10.0 Å². The van der Waals surface area contributed by atoms with E-state index in [2.05, 4.69) is 0 Å². The number of sulfonamides is 1. The highest BCUT2D eigenvalue weighted by Gasteiger charge is 2.24. The van der Waals surface area contributed by atoms with Gasteiger partial charge in [-0.3, -0.25) is 4.31 Å². The highest BCUT2D eigenvalue weighted by molar-refractivity contribution is 7.92. The first-order chi connectivity index (χ1) is 11.4. The lowest BCUT2D eigenvalue weighted by atomic mass is 10.1. The average Bonchev–Trinajstić information content (AvgIpc) is 2.60. The number of hydrogen-bond acceptors (Lipinski definition) is 3. The van der Waals surface area contributed by atoms with Gasteiger partial charge in [0.05, 0.1) is 17.7 Å². The summed E-state index contributed by atoms with van der Waals surface area (Å²) in [6.45, 7) is 0. The van der Waals surface area contributed by atoms with Gasteiger partial charge < -0.3 is 4.74 Å². The number of nitrogens with zero attached hydrogens (tertiary/aromatic N) is 1. The maximum Gasteiger partial charge on any atom is 0.264 e.